The summed E-state index contributed by atoms with van der Waals surface area (Å²) in [7, 11) is -2.26. The molecule has 0 heterocycles. The van der Waals surface area contributed by atoms with E-state index in [1.54, 1.807) is 0 Å². The second-order valence-corrected chi connectivity index (χ2v) is 9.87. The molecule has 2 heteroatoms. The molecule has 0 aliphatic heterocycles. The summed E-state index contributed by atoms with van der Waals surface area (Å²) in [5, 5.41) is 1.14. The highest BCUT2D eigenvalue weighted by Gasteiger charge is 2.24. The van der Waals surface area contributed by atoms with Gasteiger partial charge in [-0.05, 0) is 79.4 Å². The fraction of sp³-hybridized carbons (Fsp3) is 0.333. The first-order valence-corrected chi connectivity index (χ1v) is 10.1. The zero-order valence-corrected chi connectivity index (χ0v) is 14.3. The van der Waals surface area contributed by atoms with Crippen molar-refractivity contribution in [3.8, 4) is 11.1 Å². The number of rotatable bonds is 2. The summed E-state index contributed by atoms with van der Waals surface area (Å²) in [6, 6.07) is 10.7. The Morgan fingerprint density at radius 2 is 1.35 bits per heavy atom. The summed E-state index contributed by atoms with van der Waals surface area (Å²) < 4.78 is 0. The molecule has 2 aromatic rings. The standard InChI is InChI=1S/C18H24OSi/c1-12-8-7-9-16(13(12)2)17-10-11-18(20(5,6)19)15(4)14(17)3/h7-11,19H,1-6H3. The van der Waals surface area contributed by atoms with E-state index in [4.69, 9.17) is 0 Å². The molecule has 0 radical (unpaired) electrons. The smallest absolute Gasteiger partial charge is 0.214 e. The summed E-state index contributed by atoms with van der Waals surface area (Å²) in [4.78, 5) is 10.4. The molecule has 1 N–H and O–H groups in total. The summed E-state index contributed by atoms with van der Waals surface area (Å²) in [6.07, 6.45) is 0. The average molecular weight is 284 g/mol. The summed E-state index contributed by atoms with van der Waals surface area (Å²) >= 11 is 0. The molecule has 2 aromatic carbocycles. The lowest BCUT2D eigenvalue weighted by molar-refractivity contribution is 0.568. The predicted molar refractivity (Wildman–Crippen MR) is 90.2 cm³/mol. The zero-order valence-electron chi connectivity index (χ0n) is 13.3. The van der Waals surface area contributed by atoms with Gasteiger partial charge in [0, 0.05) is 0 Å². The zero-order chi connectivity index (χ0) is 15.1. The molecule has 2 rings (SSSR count). The fourth-order valence-electron chi connectivity index (χ4n) is 2.82. The predicted octanol–water partition coefficient (Wildman–Crippen LogP) is 3.99. The minimum atomic E-state index is -2.26. The van der Waals surface area contributed by atoms with Gasteiger partial charge in [0.05, 0.1) is 0 Å². The maximum absolute atomic E-state index is 10.4. The van der Waals surface area contributed by atoms with Crippen molar-refractivity contribution >= 4 is 13.5 Å². The van der Waals surface area contributed by atoms with Gasteiger partial charge in [-0.3, -0.25) is 0 Å². The van der Waals surface area contributed by atoms with Crippen LogP contribution in [0.25, 0.3) is 11.1 Å². The van der Waals surface area contributed by atoms with Crippen LogP contribution in [0.5, 0.6) is 0 Å². The maximum Gasteiger partial charge on any atom is 0.214 e. The van der Waals surface area contributed by atoms with Gasteiger partial charge < -0.3 is 4.80 Å². The second kappa shape index (κ2) is 5.19. The first-order valence-electron chi connectivity index (χ1n) is 7.13. The van der Waals surface area contributed by atoms with Crippen molar-refractivity contribution in [2.24, 2.45) is 0 Å². The molecule has 0 aliphatic carbocycles. The van der Waals surface area contributed by atoms with Crippen LogP contribution in [0.1, 0.15) is 22.3 Å². The highest BCUT2D eigenvalue weighted by molar-refractivity contribution is 6.83. The van der Waals surface area contributed by atoms with Gasteiger partial charge in [-0.15, -0.1) is 0 Å². The van der Waals surface area contributed by atoms with Crippen LogP contribution in [-0.4, -0.2) is 13.1 Å². The van der Waals surface area contributed by atoms with Gasteiger partial charge in [0.15, 0.2) is 0 Å². The Hall–Kier alpha value is -1.38. The van der Waals surface area contributed by atoms with Crippen LogP contribution >= 0.6 is 0 Å². The van der Waals surface area contributed by atoms with Crippen molar-refractivity contribution in [3.63, 3.8) is 0 Å². The fourth-order valence-corrected chi connectivity index (χ4v) is 4.41. The molecule has 0 spiro atoms. The normalized spacial score (nSPS) is 11.8. The Morgan fingerprint density at radius 1 is 0.750 bits per heavy atom. The number of aryl methyl sites for hydroxylation is 1. The van der Waals surface area contributed by atoms with E-state index in [9.17, 15) is 4.80 Å². The molecule has 0 saturated carbocycles. The minimum absolute atomic E-state index is 1.14. The minimum Gasteiger partial charge on any atom is -0.428 e. The molecule has 0 atom stereocenters. The molecule has 0 aromatic heterocycles. The van der Waals surface area contributed by atoms with Crippen LogP contribution in [0, 0.1) is 27.7 Å². The third kappa shape index (κ3) is 2.58. The Kier molecular flexibility index (Phi) is 3.90. The third-order valence-corrected chi connectivity index (χ3v) is 6.20. The largest absolute Gasteiger partial charge is 0.428 e. The molecule has 0 fully saturated rings. The van der Waals surface area contributed by atoms with Crippen LogP contribution < -0.4 is 5.19 Å². The van der Waals surface area contributed by atoms with E-state index in [-0.39, 0.29) is 0 Å². The van der Waals surface area contributed by atoms with Crippen LogP contribution in [0.2, 0.25) is 13.1 Å². The molecule has 0 aliphatic rings. The molecular weight excluding hydrogens is 260 g/mol. The molecular formula is C18H24OSi. The molecule has 1 nitrogen and oxygen atoms in total. The molecule has 106 valence electrons. The lowest BCUT2D eigenvalue weighted by atomic mass is 9.92. The van der Waals surface area contributed by atoms with E-state index in [2.05, 4.69) is 58.0 Å². The van der Waals surface area contributed by atoms with E-state index in [0.29, 0.717) is 0 Å². The van der Waals surface area contributed by atoms with Crippen molar-refractivity contribution in [1.82, 2.24) is 0 Å². The van der Waals surface area contributed by atoms with Crippen molar-refractivity contribution in [3.05, 3.63) is 52.6 Å². The van der Waals surface area contributed by atoms with Gasteiger partial charge in [-0.2, -0.15) is 0 Å². The van der Waals surface area contributed by atoms with Gasteiger partial charge in [0.25, 0.3) is 0 Å². The summed E-state index contributed by atoms with van der Waals surface area (Å²) in [5.41, 5.74) is 7.76. The van der Waals surface area contributed by atoms with Crippen molar-refractivity contribution < 1.29 is 4.80 Å². The highest BCUT2D eigenvalue weighted by atomic mass is 28.4. The van der Waals surface area contributed by atoms with Crippen LogP contribution in [0.3, 0.4) is 0 Å². The van der Waals surface area contributed by atoms with Gasteiger partial charge in [-0.25, -0.2) is 0 Å². The molecule has 0 unspecified atom stereocenters. The maximum atomic E-state index is 10.4. The lowest BCUT2D eigenvalue weighted by Crippen LogP contribution is -2.43. The molecule has 0 bridgehead atoms. The second-order valence-electron chi connectivity index (χ2n) is 6.22. The molecule has 0 saturated heterocycles. The topological polar surface area (TPSA) is 20.2 Å². The van der Waals surface area contributed by atoms with Gasteiger partial charge >= 0.3 is 0 Å². The lowest BCUT2D eigenvalue weighted by Gasteiger charge is -2.21. The van der Waals surface area contributed by atoms with Gasteiger partial charge in [0.1, 0.15) is 0 Å². The van der Waals surface area contributed by atoms with E-state index >= 15 is 0 Å². The van der Waals surface area contributed by atoms with Crippen molar-refractivity contribution in [1.29, 1.82) is 0 Å². The van der Waals surface area contributed by atoms with E-state index in [0.717, 1.165) is 5.19 Å². The Bertz CT molecular complexity index is 651. The number of hydrogen-bond donors (Lipinski definition) is 1. The first kappa shape index (κ1) is 15.0. The third-order valence-electron chi connectivity index (χ3n) is 4.34. The highest BCUT2D eigenvalue weighted by Crippen LogP contribution is 2.29. The summed E-state index contributed by atoms with van der Waals surface area (Å²) in [6.45, 7) is 12.6. The van der Waals surface area contributed by atoms with Crippen LogP contribution in [0.15, 0.2) is 30.3 Å². The van der Waals surface area contributed by atoms with Crippen molar-refractivity contribution in [2.45, 2.75) is 40.8 Å². The SMILES string of the molecule is Cc1cccc(-c2ccc([Si](C)(C)O)c(C)c2C)c1C. The van der Waals surface area contributed by atoms with E-state index in [1.165, 1.54) is 33.4 Å². The Labute approximate surface area is 123 Å². The molecule has 20 heavy (non-hydrogen) atoms. The number of hydrogen-bond acceptors (Lipinski definition) is 1. The van der Waals surface area contributed by atoms with Crippen molar-refractivity contribution in [2.75, 3.05) is 0 Å². The first-order chi connectivity index (χ1) is 9.23. The van der Waals surface area contributed by atoms with Gasteiger partial charge in [0.2, 0.25) is 8.32 Å². The van der Waals surface area contributed by atoms with Crippen LogP contribution in [-0.2, 0) is 0 Å². The Morgan fingerprint density at radius 3 is 1.95 bits per heavy atom. The monoisotopic (exact) mass is 284 g/mol. The van der Waals surface area contributed by atoms with Gasteiger partial charge in [-0.1, -0.05) is 30.3 Å². The Balaban J connectivity index is 2.66. The van der Waals surface area contributed by atoms with E-state index in [1.807, 2.05) is 13.1 Å². The van der Waals surface area contributed by atoms with Crippen LogP contribution in [0.4, 0.5) is 0 Å². The average Bonchev–Trinajstić information content (AvgIpc) is 2.35. The summed E-state index contributed by atoms with van der Waals surface area (Å²) in [5.74, 6) is 0. The molecule has 0 amide bonds. The van der Waals surface area contributed by atoms with E-state index < -0.39 is 8.32 Å². The quantitative estimate of drug-likeness (QED) is 0.827. The number of benzene rings is 2.